The Morgan fingerprint density at radius 3 is 2.41 bits per heavy atom. The van der Waals surface area contributed by atoms with Gasteiger partial charge in [-0.1, -0.05) is 13.0 Å². The van der Waals surface area contributed by atoms with Crippen LogP contribution < -0.4 is 5.14 Å². The second-order valence-corrected chi connectivity index (χ2v) is 8.87. The fraction of sp³-hybridized carbons (Fsp3) is 0.429. The summed E-state index contributed by atoms with van der Waals surface area (Å²) in [6.45, 7) is 5.68. The maximum Gasteiger partial charge on any atom is 0.254 e. The molecule has 0 aliphatic carbocycles. The van der Waals surface area contributed by atoms with E-state index in [9.17, 15) is 13.2 Å². The fourth-order valence-corrected chi connectivity index (χ4v) is 4.25. The van der Waals surface area contributed by atoms with Crippen LogP contribution in [-0.4, -0.2) is 61.3 Å². The Bertz CT molecular complexity index is 909. The number of piperidine rings is 1. The smallest absolute Gasteiger partial charge is 0.254 e. The predicted octanol–water partition coefficient (Wildman–Crippen LogP) is 1.90. The van der Waals surface area contributed by atoms with Gasteiger partial charge in [0.1, 0.15) is 0 Å². The zero-order chi connectivity index (χ0) is 20.9. The average molecular weight is 417 g/mol. The van der Waals surface area contributed by atoms with Crippen molar-refractivity contribution in [1.82, 2.24) is 14.8 Å². The number of hydrogen-bond donors (Lipinski definition) is 1. The van der Waals surface area contributed by atoms with Gasteiger partial charge < -0.3 is 9.80 Å². The molecule has 0 bridgehead atoms. The third-order valence-corrected chi connectivity index (χ3v) is 6.40. The molecule has 1 amide bonds. The summed E-state index contributed by atoms with van der Waals surface area (Å²) < 4.78 is 23.0. The Hall–Kier alpha value is -2.29. The molecule has 0 saturated carbocycles. The number of sulfonamides is 1. The van der Waals surface area contributed by atoms with E-state index >= 15 is 0 Å². The minimum Gasteiger partial charge on any atom is -0.335 e. The van der Waals surface area contributed by atoms with E-state index in [0.29, 0.717) is 18.5 Å². The summed E-state index contributed by atoms with van der Waals surface area (Å²) in [5, 5.41) is 5.16. The summed E-state index contributed by atoms with van der Waals surface area (Å²) in [6.07, 6.45) is 4.29. The van der Waals surface area contributed by atoms with Crippen molar-refractivity contribution in [3.63, 3.8) is 0 Å². The maximum absolute atomic E-state index is 13.3. The topological polar surface area (TPSA) is 96.6 Å². The van der Waals surface area contributed by atoms with Gasteiger partial charge in [0.2, 0.25) is 10.0 Å². The Labute approximate surface area is 172 Å². The number of pyridine rings is 1. The highest BCUT2D eigenvalue weighted by Crippen LogP contribution is 2.20. The van der Waals surface area contributed by atoms with Gasteiger partial charge in [-0.3, -0.25) is 9.78 Å². The van der Waals surface area contributed by atoms with Crippen molar-refractivity contribution in [3.8, 4) is 0 Å². The normalized spacial score (nSPS) is 15.9. The largest absolute Gasteiger partial charge is 0.335 e. The third kappa shape index (κ3) is 5.62. The molecule has 1 fully saturated rings. The number of carbonyl (C=O) groups excluding carboxylic acids is 1. The highest BCUT2D eigenvalue weighted by molar-refractivity contribution is 7.89. The van der Waals surface area contributed by atoms with E-state index < -0.39 is 10.0 Å². The van der Waals surface area contributed by atoms with Gasteiger partial charge in [-0.2, -0.15) is 0 Å². The van der Waals surface area contributed by atoms with Gasteiger partial charge in [0, 0.05) is 49.6 Å². The first-order valence-electron chi connectivity index (χ1n) is 9.94. The van der Waals surface area contributed by atoms with Crippen LogP contribution in [0.4, 0.5) is 0 Å². The minimum absolute atomic E-state index is 0.00494. The molecule has 0 radical (unpaired) electrons. The molecule has 1 aromatic heterocycles. The average Bonchev–Trinajstić information content (AvgIpc) is 2.74. The van der Waals surface area contributed by atoms with Crippen LogP contribution in [0.15, 0.2) is 53.6 Å². The summed E-state index contributed by atoms with van der Waals surface area (Å²) in [4.78, 5) is 22.0. The molecule has 0 spiro atoms. The lowest BCUT2D eigenvalue weighted by Crippen LogP contribution is -2.48. The van der Waals surface area contributed by atoms with Crippen LogP contribution in [0.25, 0.3) is 0 Å². The van der Waals surface area contributed by atoms with Gasteiger partial charge in [-0.15, -0.1) is 0 Å². The summed E-state index contributed by atoms with van der Waals surface area (Å²) in [5.41, 5.74) is 1.41. The van der Waals surface area contributed by atoms with Crippen LogP contribution in [-0.2, 0) is 16.4 Å². The Balaban J connectivity index is 1.78. The lowest BCUT2D eigenvalue weighted by molar-refractivity contribution is 0.0579. The standard InChI is InChI=1S/C21H28N4O3S/c1-2-24-14-11-19(12-15-24)25(16-10-18-5-3-4-13-23-18)21(26)17-6-8-20(9-7-17)29(22,27)28/h3-9,13,19H,2,10-12,14-16H2,1H3,(H2,22,27,28). The zero-order valence-electron chi connectivity index (χ0n) is 16.7. The van der Waals surface area contributed by atoms with E-state index in [-0.39, 0.29) is 16.8 Å². The van der Waals surface area contributed by atoms with Crippen molar-refractivity contribution < 1.29 is 13.2 Å². The SMILES string of the molecule is CCN1CCC(N(CCc2ccccn2)C(=O)c2ccc(S(N)(=O)=O)cc2)CC1. The second kappa shape index (κ2) is 9.47. The monoisotopic (exact) mass is 416 g/mol. The molecule has 1 aliphatic rings. The molecule has 2 heterocycles. The van der Waals surface area contributed by atoms with Crippen molar-refractivity contribution >= 4 is 15.9 Å². The minimum atomic E-state index is -3.78. The molecule has 2 aromatic rings. The molecule has 0 unspecified atom stereocenters. The number of primary sulfonamides is 1. The number of nitrogens with zero attached hydrogens (tertiary/aromatic N) is 3. The van der Waals surface area contributed by atoms with E-state index in [0.717, 1.165) is 38.2 Å². The van der Waals surface area contributed by atoms with Gasteiger partial charge >= 0.3 is 0 Å². The van der Waals surface area contributed by atoms with E-state index in [1.807, 2.05) is 23.1 Å². The molecule has 1 aliphatic heterocycles. The van der Waals surface area contributed by atoms with Gasteiger partial charge in [0.05, 0.1) is 4.90 Å². The van der Waals surface area contributed by atoms with Crippen LogP contribution in [0.1, 0.15) is 35.8 Å². The summed E-state index contributed by atoms with van der Waals surface area (Å²) in [5.74, 6) is -0.0863. The predicted molar refractivity (Wildman–Crippen MR) is 112 cm³/mol. The first kappa shape index (κ1) is 21.4. The van der Waals surface area contributed by atoms with Crippen LogP contribution >= 0.6 is 0 Å². The third-order valence-electron chi connectivity index (χ3n) is 5.47. The maximum atomic E-state index is 13.3. The molecular weight excluding hydrogens is 388 g/mol. The number of carbonyl (C=O) groups is 1. The Morgan fingerprint density at radius 2 is 1.86 bits per heavy atom. The number of likely N-dealkylation sites (tertiary alicyclic amines) is 1. The van der Waals surface area contributed by atoms with Gasteiger partial charge in [0.25, 0.3) is 5.91 Å². The van der Waals surface area contributed by atoms with E-state index in [1.54, 1.807) is 6.20 Å². The van der Waals surface area contributed by atoms with E-state index in [2.05, 4.69) is 16.8 Å². The molecule has 7 nitrogen and oxygen atoms in total. The molecule has 1 aromatic carbocycles. The molecule has 29 heavy (non-hydrogen) atoms. The van der Waals surface area contributed by atoms with Crippen molar-refractivity contribution in [2.45, 2.75) is 37.1 Å². The number of rotatable bonds is 7. The van der Waals surface area contributed by atoms with Crippen LogP contribution in [0.3, 0.4) is 0 Å². The fourth-order valence-electron chi connectivity index (χ4n) is 3.73. The highest BCUT2D eigenvalue weighted by atomic mass is 32.2. The van der Waals surface area contributed by atoms with E-state index in [4.69, 9.17) is 5.14 Å². The van der Waals surface area contributed by atoms with Crippen molar-refractivity contribution in [2.75, 3.05) is 26.2 Å². The van der Waals surface area contributed by atoms with Gasteiger partial charge in [-0.25, -0.2) is 13.6 Å². The van der Waals surface area contributed by atoms with Crippen LogP contribution in [0.2, 0.25) is 0 Å². The second-order valence-electron chi connectivity index (χ2n) is 7.30. The van der Waals surface area contributed by atoms with Crippen molar-refractivity contribution in [2.24, 2.45) is 5.14 Å². The zero-order valence-corrected chi connectivity index (χ0v) is 17.5. The summed E-state index contributed by atoms with van der Waals surface area (Å²) in [7, 11) is -3.78. The van der Waals surface area contributed by atoms with Crippen molar-refractivity contribution in [1.29, 1.82) is 0 Å². The first-order chi connectivity index (χ1) is 13.9. The van der Waals surface area contributed by atoms with Crippen LogP contribution in [0.5, 0.6) is 0 Å². The summed E-state index contributed by atoms with van der Waals surface area (Å²) in [6, 6.07) is 11.8. The Kier molecular flexibility index (Phi) is 7.00. The lowest BCUT2D eigenvalue weighted by Gasteiger charge is -2.38. The summed E-state index contributed by atoms with van der Waals surface area (Å²) >= 11 is 0. The first-order valence-corrected chi connectivity index (χ1v) is 11.5. The quantitative estimate of drug-likeness (QED) is 0.744. The van der Waals surface area contributed by atoms with Gasteiger partial charge in [0.15, 0.2) is 0 Å². The molecule has 8 heteroatoms. The van der Waals surface area contributed by atoms with Crippen molar-refractivity contribution in [3.05, 3.63) is 59.9 Å². The lowest BCUT2D eigenvalue weighted by atomic mass is 10.0. The molecule has 3 rings (SSSR count). The molecule has 0 atom stereocenters. The Morgan fingerprint density at radius 1 is 1.17 bits per heavy atom. The number of nitrogens with two attached hydrogens (primary N) is 1. The van der Waals surface area contributed by atoms with E-state index in [1.165, 1.54) is 24.3 Å². The molecular formula is C21H28N4O3S. The highest BCUT2D eigenvalue weighted by Gasteiger charge is 2.28. The number of hydrogen-bond acceptors (Lipinski definition) is 5. The van der Waals surface area contributed by atoms with Gasteiger partial charge in [-0.05, 0) is 55.8 Å². The van der Waals surface area contributed by atoms with Crippen LogP contribution in [0, 0.1) is 0 Å². The molecule has 2 N–H and O–H groups in total. The number of benzene rings is 1. The molecule has 156 valence electrons. The number of aromatic nitrogens is 1. The number of amides is 1. The molecule has 1 saturated heterocycles.